The average molecular weight is 564 g/mol. The molecule has 0 unspecified atom stereocenters. The van der Waals surface area contributed by atoms with Crippen molar-refractivity contribution in [3.05, 3.63) is 156 Å². The van der Waals surface area contributed by atoms with Crippen LogP contribution in [0.2, 0.25) is 0 Å². The van der Waals surface area contributed by atoms with Gasteiger partial charge in [0.1, 0.15) is 18.3 Å². The van der Waals surface area contributed by atoms with Crippen molar-refractivity contribution in [3.8, 4) is 0 Å². The fourth-order valence-corrected chi connectivity index (χ4v) is 5.67. The van der Waals surface area contributed by atoms with E-state index in [1.165, 1.54) is 5.56 Å². The molecule has 5 atom stereocenters. The van der Waals surface area contributed by atoms with Crippen molar-refractivity contribution in [2.45, 2.75) is 63.2 Å². The highest BCUT2D eigenvalue weighted by atomic mass is 16.6. The van der Waals surface area contributed by atoms with Crippen molar-refractivity contribution in [3.63, 3.8) is 0 Å². The van der Waals surface area contributed by atoms with E-state index in [-0.39, 0.29) is 6.04 Å². The molecule has 0 aliphatic carbocycles. The van der Waals surface area contributed by atoms with Gasteiger partial charge in [-0.2, -0.15) is 0 Å². The minimum absolute atomic E-state index is 0.0906. The summed E-state index contributed by atoms with van der Waals surface area (Å²) in [6.07, 6.45) is 0.286. The standard InChI is InChI=1S/C37H41NO4/c1-2-15-33-35(40-26-30-18-9-4-10-19-30)37(42-28-32-22-13-6-14-23-32)36(41-27-31-20-11-5-12-21-31)34(39)25-38(33)24-29-16-7-3-8-17-29/h2-14,16-23,33-37,39H,1,15,24-28H2/t33-,34-,35-,36+,37+/m0/s1. The first kappa shape index (κ1) is 29.9. The van der Waals surface area contributed by atoms with Crippen LogP contribution in [-0.2, 0) is 40.6 Å². The van der Waals surface area contributed by atoms with Gasteiger partial charge in [0.25, 0.3) is 0 Å². The van der Waals surface area contributed by atoms with Gasteiger partial charge in [-0.05, 0) is 28.7 Å². The average Bonchev–Trinajstić information content (AvgIpc) is 3.13. The van der Waals surface area contributed by atoms with Crippen LogP contribution in [-0.4, -0.2) is 47.0 Å². The number of aliphatic hydroxyl groups is 1. The van der Waals surface area contributed by atoms with E-state index in [0.717, 1.165) is 16.7 Å². The first-order valence-electron chi connectivity index (χ1n) is 14.7. The summed E-state index contributed by atoms with van der Waals surface area (Å²) in [6, 6.07) is 40.6. The number of nitrogens with zero attached hydrogens (tertiary/aromatic N) is 1. The van der Waals surface area contributed by atoms with Gasteiger partial charge in [-0.15, -0.1) is 6.58 Å². The first-order chi connectivity index (χ1) is 20.7. The van der Waals surface area contributed by atoms with Crippen molar-refractivity contribution in [2.75, 3.05) is 6.54 Å². The topological polar surface area (TPSA) is 51.2 Å². The molecule has 1 saturated heterocycles. The van der Waals surface area contributed by atoms with Gasteiger partial charge in [0.2, 0.25) is 0 Å². The number of ether oxygens (including phenoxy) is 3. The Morgan fingerprint density at radius 3 is 1.45 bits per heavy atom. The maximum Gasteiger partial charge on any atom is 0.114 e. The van der Waals surface area contributed by atoms with E-state index in [2.05, 4.69) is 47.9 Å². The van der Waals surface area contributed by atoms with Crippen molar-refractivity contribution in [1.82, 2.24) is 4.90 Å². The molecule has 1 fully saturated rings. The quantitative estimate of drug-likeness (QED) is 0.187. The van der Waals surface area contributed by atoms with Crippen molar-refractivity contribution < 1.29 is 19.3 Å². The van der Waals surface area contributed by atoms with Gasteiger partial charge in [-0.3, -0.25) is 4.90 Å². The smallest absolute Gasteiger partial charge is 0.114 e. The highest BCUT2D eigenvalue weighted by molar-refractivity contribution is 5.18. The minimum atomic E-state index is -0.796. The van der Waals surface area contributed by atoms with Crippen LogP contribution in [0.4, 0.5) is 0 Å². The number of aliphatic hydroxyl groups excluding tert-OH is 1. The molecule has 0 bridgehead atoms. The van der Waals surface area contributed by atoms with Crippen LogP contribution >= 0.6 is 0 Å². The van der Waals surface area contributed by atoms with Gasteiger partial charge in [0.15, 0.2) is 0 Å². The van der Waals surface area contributed by atoms with Crippen molar-refractivity contribution in [1.29, 1.82) is 0 Å². The second-order valence-corrected chi connectivity index (χ2v) is 10.9. The summed E-state index contributed by atoms with van der Waals surface area (Å²) >= 11 is 0. The summed E-state index contributed by atoms with van der Waals surface area (Å²) in [5.74, 6) is 0. The maximum atomic E-state index is 11.8. The Kier molecular flexibility index (Phi) is 11.1. The van der Waals surface area contributed by atoms with E-state index in [4.69, 9.17) is 14.2 Å². The highest BCUT2D eigenvalue weighted by Crippen LogP contribution is 2.31. The molecule has 1 heterocycles. The molecule has 5 nitrogen and oxygen atoms in total. The summed E-state index contributed by atoms with van der Waals surface area (Å²) in [5.41, 5.74) is 4.35. The van der Waals surface area contributed by atoms with E-state index >= 15 is 0 Å². The monoisotopic (exact) mass is 563 g/mol. The van der Waals surface area contributed by atoms with Crippen LogP contribution in [0.15, 0.2) is 134 Å². The Hall–Kier alpha value is -3.58. The molecule has 5 rings (SSSR count). The third-order valence-corrected chi connectivity index (χ3v) is 7.79. The summed E-state index contributed by atoms with van der Waals surface area (Å²) in [6.45, 7) is 6.35. The van der Waals surface area contributed by atoms with Crippen LogP contribution in [0.3, 0.4) is 0 Å². The summed E-state index contributed by atoms with van der Waals surface area (Å²) < 4.78 is 20.1. The molecular formula is C37H41NO4. The number of rotatable bonds is 13. The van der Waals surface area contributed by atoms with Gasteiger partial charge in [-0.25, -0.2) is 0 Å². The predicted molar refractivity (Wildman–Crippen MR) is 167 cm³/mol. The van der Waals surface area contributed by atoms with Crippen LogP contribution < -0.4 is 0 Å². The summed E-state index contributed by atoms with van der Waals surface area (Å²) in [4.78, 5) is 2.31. The normalized spacial score (nSPS) is 22.8. The molecular weight excluding hydrogens is 522 g/mol. The van der Waals surface area contributed by atoms with Gasteiger partial charge < -0.3 is 19.3 Å². The number of hydrogen-bond donors (Lipinski definition) is 1. The number of likely N-dealkylation sites (tertiary alicyclic amines) is 1. The molecule has 0 spiro atoms. The molecule has 0 amide bonds. The predicted octanol–water partition coefficient (Wildman–Crippen LogP) is 6.56. The fourth-order valence-electron chi connectivity index (χ4n) is 5.67. The zero-order chi connectivity index (χ0) is 29.0. The molecule has 4 aromatic rings. The third kappa shape index (κ3) is 8.25. The molecule has 218 valence electrons. The molecule has 4 aromatic carbocycles. The zero-order valence-electron chi connectivity index (χ0n) is 24.1. The largest absolute Gasteiger partial charge is 0.389 e. The lowest BCUT2D eigenvalue weighted by Crippen LogP contribution is -2.51. The molecule has 1 N–H and O–H groups in total. The van der Waals surface area contributed by atoms with Crippen LogP contribution in [0.5, 0.6) is 0 Å². The SMILES string of the molecule is C=CC[C@H]1[C@H](OCc2ccccc2)[C@@H](OCc2ccccc2)[C@H](OCc2ccccc2)[C@@H](O)CN1Cc1ccccc1. The molecule has 1 aliphatic rings. The lowest BCUT2D eigenvalue weighted by molar-refractivity contribution is -0.175. The van der Waals surface area contributed by atoms with E-state index in [9.17, 15) is 5.11 Å². The Balaban J connectivity index is 1.50. The van der Waals surface area contributed by atoms with Crippen LogP contribution in [0.25, 0.3) is 0 Å². The van der Waals surface area contributed by atoms with Crippen LogP contribution in [0, 0.1) is 0 Å². The zero-order valence-corrected chi connectivity index (χ0v) is 24.1. The maximum absolute atomic E-state index is 11.8. The fraction of sp³-hybridized carbons (Fsp3) is 0.297. The number of benzene rings is 4. The Labute approximate surface area is 250 Å². The Morgan fingerprint density at radius 2 is 1.00 bits per heavy atom. The van der Waals surface area contributed by atoms with E-state index < -0.39 is 24.4 Å². The van der Waals surface area contributed by atoms with E-state index in [1.807, 2.05) is 91.0 Å². The second-order valence-electron chi connectivity index (χ2n) is 10.9. The number of β-amino-alcohol motifs (C(OH)–C–C–N with tert-alkyl or cyclic N) is 1. The minimum Gasteiger partial charge on any atom is -0.389 e. The van der Waals surface area contributed by atoms with Crippen molar-refractivity contribution >= 4 is 0 Å². The van der Waals surface area contributed by atoms with Crippen molar-refractivity contribution in [2.24, 2.45) is 0 Å². The molecule has 42 heavy (non-hydrogen) atoms. The molecule has 0 radical (unpaired) electrons. The van der Waals surface area contributed by atoms with E-state index in [0.29, 0.717) is 39.3 Å². The van der Waals surface area contributed by atoms with Crippen LogP contribution in [0.1, 0.15) is 28.7 Å². The molecule has 0 aromatic heterocycles. The molecule has 0 saturated carbocycles. The Bertz CT molecular complexity index is 1320. The van der Waals surface area contributed by atoms with Gasteiger partial charge >= 0.3 is 0 Å². The van der Waals surface area contributed by atoms with Gasteiger partial charge in [0.05, 0.1) is 25.9 Å². The first-order valence-corrected chi connectivity index (χ1v) is 14.7. The number of hydrogen-bond acceptors (Lipinski definition) is 5. The van der Waals surface area contributed by atoms with Gasteiger partial charge in [-0.1, -0.05) is 127 Å². The van der Waals surface area contributed by atoms with E-state index in [1.54, 1.807) is 0 Å². The second kappa shape index (κ2) is 15.6. The summed E-state index contributed by atoms with van der Waals surface area (Å²) in [7, 11) is 0. The lowest BCUT2D eigenvalue weighted by Gasteiger charge is -2.38. The third-order valence-electron chi connectivity index (χ3n) is 7.79. The van der Waals surface area contributed by atoms with Gasteiger partial charge in [0, 0.05) is 19.1 Å². The lowest BCUT2D eigenvalue weighted by atomic mass is 9.97. The molecule has 5 heteroatoms. The molecule has 1 aliphatic heterocycles. The highest BCUT2D eigenvalue weighted by Gasteiger charge is 2.46. The summed E-state index contributed by atoms with van der Waals surface area (Å²) in [5, 5.41) is 11.8. The Morgan fingerprint density at radius 1 is 0.595 bits per heavy atom.